The summed E-state index contributed by atoms with van der Waals surface area (Å²) >= 11 is 0. The average molecular weight is 465 g/mol. The zero-order valence-corrected chi connectivity index (χ0v) is 16.7. The van der Waals surface area contributed by atoms with Crippen LogP contribution in [-0.4, -0.2) is 95.5 Å². The lowest BCUT2D eigenvalue weighted by Gasteiger charge is -2.50. The number of alkyl halides is 6. The van der Waals surface area contributed by atoms with Gasteiger partial charge in [0.2, 0.25) is 5.91 Å². The lowest BCUT2D eigenvalue weighted by molar-refractivity contribution is -0.193. The molecule has 1 amide bonds. The summed E-state index contributed by atoms with van der Waals surface area (Å²) in [6.07, 6.45) is -5.56. The maximum Gasteiger partial charge on any atom is 0.490 e. The van der Waals surface area contributed by atoms with Gasteiger partial charge in [0.1, 0.15) is 5.54 Å². The van der Waals surface area contributed by atoms with Crippen molar-refractivity contribution in [2.75, 3.05) is 39.8 Å². The number of piperidine rings is 1. The molecule has 0 radical (unpaired) electrons. The van der Waals surface area contributed by atoms with E-state index in [-0.39, 0.29) is 5.54 Å². The standard InChI is InChI=1S/C13H23N3O.2C2HF3O2/c1-15-8-9-16(10-11-2-3-11)12(17)13(15)4-6-14-7-5-13;2*3-2(4,5)1(6)7/h11,14H,2-10H2,1H3;2*(H,6,7). The Morgan fingerprint density at radius 2 is 1.42 bits per heavy atom. The number of hydrogen-bond acceptors (Lipinski definition) is 5. The van der Waals surface area contributed by atoms with Crippen molar-refractivity contribution in [3.8, 4) is 0 Å². The van der Waals surface area contributed by atoms with E-state index in [1.807, 2.05) is 0 Å². The summed E-state index contributed by atoms with van der Waals surface area (Å²) in [5.74, 6) is -4.30. The number of amides is 1. The number of nitrogens with one attached hydrogen (secondary N) is 1. The minimum absolute atomic E-state index is 0.182. The number of likely N-dealkylation sites (N-methyl/N-ethyl adjacent to an activating group) is 1. The summed E-state index contributed by atoms with van der Waals surface area (Å²) < 4.78 is 63.5. The van der Waals surface area contributed by atoms with E-state index in [1.54, 1.807) is 0 Å². The van der Waals surface area contributed by atoms with Gasteiger partial charge in [-0.05, 0) is 51.7 Å². The van der Waals surface area contributed by atoms with E-state index in [9.17, 15) is 31.1 Å². The maximum atomic E-state index is 12.7. The van der Waals surface area contributed by atoms with Gasteiger partial charge in [-0.15, -0.1) is 0 Å². The zero-order valence-electron chi connectivity index (χ0n) is 16.7. The Kier molecular flexibility index (Phi) is 9.11. The molecule has 0 aromatic rings. The number of carbonyl (C=O) groups excluding carboxylic acids is 1. The van der Waals surface area contributed by atoms with E-state index in [0.717, 1.165) is 51.5 Å². The molecule has 2 heterocycles. The molecule has 0 unspecified atom stereocenters. The quantitative estimate of drug-likeness (QED) is 0.531. The van der Waals surface area contributed by atoms with Crippen molar-refractivity contribution in [2.24, 2.45) is 5.92 Å². The lowest BCUT2D eigenvalue weighted by atomic mass is 9.83. The average Bonchev–Trinajstić information content (AvgIpc) is 3.47. The van der Waals surface area contributed by atoms with Crippen LogP contribution >= 0.6 is 0 Å². The fraction of sp³-hybridized carbons (Fsp3) is 0.824. The van der Waals surface area contributed by atoms with E-state index < -0.39 is 24.3 Å². The molecular formula is C17H25F6N3O5. The number of carboxylic acids is 2. The smallest absolute Gasteiger partial charge is 0.475 e. The molecule has 1 spiro atoms. The molecule has 180 valence electrons. The molecule has 3 rings (SSSR count). The molecule has 3 fully saturated rings. The Hall–Kier alpha value is -2.09. The van der Waals surface area contributed by atoms with Gasteiger partial charge in [-0.3, -0.25) is 9.69 Å². The molecule has 31 heavy (non-hydrogen) atoms. The van der Waals surface area contributed by atoms with Crippen LogP contribution in [0, 0.1) is 5.92 Å². The molecule has 1 aliphatic carbocycles. The van der Waals surface area contributed by atoms with Crippen molar-refractivity contribution in [2.45, 2.75) is 43.6 Å². The van der Waals surface area contributed by atoms with Crippen LogP contribution in [0.25, 0.3) is 0 Å². The molecular weight excluding hydrogens is 440 g/mol. The molecule has 0 aromatic carbocycles. The fourth-order valence-corrected chi connectivity index (χ4v) is 3.27. The van der Waals surface area contributed by atoms with Gasteiger partial charge in [0, 0.05) is 19.6 Å². The van der Waals surface area contributed by atoms with E-state index in [0.29, 0.717) is 5.91 Å². The number of carbonyl (C=O) groups is 3. The highest BCUT2D eigenvalue weighted by molar-refractivity contribution is 5.87. The largest absolute Gasteiger partial charge is 0.490 e. The van der Waals surface area contributed by atoms with E-state index >= 15 is 0 Å². The van der Waals surface area contributed by atoms with Crippen LogP contribution in [0.2, 0.25) is 0 Å². The number of rotatable bonds is 2. The van der Waals surface area contributed by atoms with E-state index in [1.165, 1.54) is 12.8 Å². The molecule has 1 saturated carbocycles. The van der Waals surface area contributed by atoms with Crippen LogP contribution in [0.5, 0.6) is 0 Å². The number of piperazine rings is 1. The van der Waals surface area contributed by atoms with E-state index in [4.69, 9.17) is 19.8 Å². The van der Waals surface area contributed by atoms with Gasteiger partial charge in [-0.25, -0.2) is 9.59 Å². The highest BCUT2D eigenvalue weighted by Gasteiger charge is 2.48. The molecule has 2 saturated heterocycles. The first-order valence-electron chi connectivity index (χ1n) is 9.43. The van der Waals surface area contributed by atoms with Crippen LogP contribution < -0.4 is 5.32 Å². The Bertz CT molecular complexity index is 621. The van der Waals surface area contributed by atoms with Gasteiger partial charge in [-0.2, -0.15) is 26.3 Å². The number of aliphatic carboxylic acids is 2. The Labute approximate surface area is 174 Å². The highest BCUT2D eigenvalue weighted by Crippen LogP contribution is 2.34. The third kappa shape index (κ3) is 8.16. The topological polar surface area (TPSA) is 110 Å². The summed E-state index contributed by atoms with van der Waals surface area (Å²) in [6, 6.07) is 0. The third-order valence-electron chi connectivity index (χ3n) is 5.21. The first kappa shape index (κ1) is 26.9. The van der Waals surface area contributed by atoms with Crippen LogP contribution in [0.4, 0.5) is 26.3 Å². The second-order valence-corrected chi connectivity index (χ2v) is 7.50. The monoisotopic (exact) mass is 465 g/mol. The Balaban J connectivity index is 0.000000288. The Morgan fingerprint density at radius 1 is 1.00 bits per heavy atom. The minimum atomic E-state index is -5.08. The predicted molar refractivity (Wildman–Crippen MR) is 94.2 cm³/mol. The van der Waals surface area contributed by atoms with Crippen LogP contribution in [0.1, 0.15) is 25.7 Å². The SMILES string of the molecule is CN1CCN(CC2CC2)C(=O)C12CCNCC2.O=C(O)C(F)(F)F.O=C(O)C(F)(F)F. The van der Waals surface area contributed by atoms with Gasteiger partial charge in [-0.1, -0.05) is 0 Å². The minimum Gasteiger partial charge on any atom is -0.475 e. The third-order valence-corrected chi connectivity index (χ3v) is 5.21. The Morgan fingerprint density at radius 3 is 1.77 bits per heavy atom. The van der Waals surface area contributed by atoms with Crippen molar-refractivity contribution in [1.29, 1.82) is 0 Å². The highest BCUT2D eigenvalue weighted by atomic mass is 19.4. The molecule has 14 heteroatoms. The molecule has 2 aliphatic heterocycles. The predicted octanol–water partition coefficient (Wildman–Crippen LogP) is 1.56. The second-order valence-electron chi connectivity index (χ2n) is 7.50. The second kappa shape index (κ2) is 10.5. The van der Waals surface area contributed by atoms with Gasteiger partial charge >= 0.3 is 24.3 Å². The zero-order chi connectivity index (χ0) is 24.0. The normalized spacial score (nSPS) is 21.5. The van der Waals surface area contributed by atoms with Crippen LogP contribution in [-0.2, 0) is 14.4 Å². The number of halogens is 6. The first-order valence-corrected chi connectivity index (χ1v) is 9.43. The van der Waals surface area contributed by atoms with Crippen molar-refractivity contribution in [3.05, 3.63) is 0 Å². The van der Waals surface area contributed by atoms with Gasteiger partial charge in [0.15, 0.2) is 0 Å². The molecule has 8 nitrogen and oxygen atoms in total. The molecule has 0 bridgehead atoms. The fourth-order valence-electron chi connectivity index (χ4n) is 3.27. The molecule has 3 aliphatic rings. The van der Waals surface area contributed by atoms with Crippen LogP contribution in [0.3, 0.4) is 0 Å². The van der Waals surface area contributed by atoms with Crippen molar-refractivity contribution in [1.82, 2.24) is 15.1 Å². The lowest BCUT2D eigenvalue weighted by Crippen LogP contribution is -2.67. The number of hydrogen-bond donors (Lipinski definition) is 3. The van der Waals surface area contributed by atoms with Crippen molar-refractivity contribution in [3.63, 3.8) is 0 Å². The number of nitrogens with zero attached hydrogens (tertiary/aromatic N) is 2. The summed E-state index contributed by atoms with van der Waals surface area (Å²) in [6.45, 7) is 4.95. The molecule has 0 atom stereocenters. The van der Waals surface area contributed by atoms with Crippen molar-refractivity contribution >= 4 is 17.8 Å². The summed E-state index contributed by atoms with van der Waals surface area (Å²) in [5, 5.41) is 17.6. The molecule has 3 N–H and O–H groups in total. The van der Waals surface area contributed by atoms with Gasteiger partial charge in [0.05, 0.1) is 0 Å². The summed E-state index contributed by atoms with van der Waals surface area (Å²) in [5.41, 5.74) is -0.182. The summed E-state index contributed by atoms with van der Waals surface area (Å²) in [4.78, 5) is 35.0. The first-order chi connectivity index (χ1) is 14.1. The van der Waals surface area contributed by atoms with Gasteiger partial charge < -0.3 is 20.4 Å². The number of carboxylic acid groups (broad SMARTS) is 2. The van der Waals surface area contributed by atoms with Crippen molar-refractivity contribution < 1.29 is 50.9 Å². The maximum absolute atomic E-state index is 12.7. The van der Waals surface area contributed by atoms with Gasteiger partial charge in [0.25, 0.3) is 0 Å². The van der Waals surface area contributed by atoms with Crippen LogP contribution in [0.15, 0.2) is 0 Å². The summed E-state index contributed by atoms with van der Waals surface area (Å²) in [7, 11) is 2.12. The van der Waals surface area contributed by atoms with E-state index in [2.05, 4.69) is 22.2 Å². The molecule has 0 aromatic heterocycles.